The molecule has 0 bridgehead atoms. The minimum atomic E-state index is -0.953. The van der Waals surface area contributed by atoms with Crippen molar-refractivity contribution in [2.75, 3.05) is 27.2 Å². The number of nitrogens with two attached hydrogens (primary N) is 1. The number of nitrogen functional groups attached to an aromatic ring is 1. The standard InChI is InChI=1S/C26H40N6O3/c1-32(2)26(35)21(16-17-8-10-19(11-9-17)23(27)28)24(33)31-22(18-6-4-3-5-7-18)25(34)30-20-12-14-29-15-13-20/h8-11,18,20-22,29H,3-7,12-16H2,1-2H3,(H3,27,28)(H,30,34)(H,31,33)/t21?,22-/m0/s1. The number of amides is 3. The lowest BCUT2D eigenvalue weighted by Crippen LogP contribution is -2.56. The van der Waals surface area contributed by atoms with Crippen LogP contribution in [0.1, 0.15) is 56.1 Å². The van der Waals surface area contributed by atoms with Crippen molar-refractivity contribution in [1.82, 2.24) is 20.9 Å². The number of hydrogen-bond donors (Lipinski definition) is 5. The molecule has 2 aliphatic rings. The lowest BCUT2D eigenvalue weighted by atomic mass is 9.83. The molecule has 9 heteroatoms. The first-order chi connectivity index (χ1) is 16.8. The van der Waals surface area contributed by atoms with Crippen molar-refractivity contribution in [3.8, 4) is 0 Å². The van der Waals surface area contributed by atoms with Crippen molar-refractivity contribution >= 4 is 23.6 Å². The third-order valence-corrected chi connectivity index (χ3v) is 7.15. The van der Waals surface area contributed by atoms with Crippen LogP contribution < -0.4 is 21.7 Å². The second kappa shape index (κ2) is 12.7. The molecule has 1 saturated carbocycles. The maximum absolute atomic E-state index is 13.5. The minimum Gasteiger partial charge on any atom is -0.384 e. The number of piperidine rings is 1. The van der Waals surface area contributed by atoms with Gasteiger partial charge in [0.1, 0.15) is 17.8 Å². The van der Waals surface area contributed by atoms with Crippen molar-refractivity contribution in [2.24, 2.45) is 17.6 Å². The van der Waals surface area contributed by atoms with Gasteiger partial charge in [0.15, 0.2) is 0 Å². The monoisotopic (exact) mass is 484 g/mol. The molecule has 1 aromatic rings. The van der Waals surface area contributed by atoms with Crippen molar-refractivity contribution in [3.05, 3.63) is 35.4 Å². The second-order valence-electron chi connectivity index (χ2n) is 10.0. The molecule has 6 N–H and O–H groups in total. The van der Waals surface area contributed by atoms with Gasteiger partial charge >= 0.3 is 0 Å². The van der Waals surface area contributed by atoms with Gasteiger partial charge in [0.25, 0.3) is 0 Å². The van der Waals surface area contributed by atoms with Crippen LogP contribution in [0.2, 0.25) is 0 Å². The molecule has 2 fully saturated rings. The topological polar surface area (TPSA) is 140 Å². The Morgan fingerprint density at radius 1 is 1.03 bits per heavy atom. The Hall–Kier alpha value is -2.94. The Morgan fingerprint density at radius 2 is 1.66 bits per heavy atom. The predicted molar refractivity (Wildman–Crippen MR) is 136 cm³/mol. The first-order valence-electron chi connectivity index (χ1n) is 12.7. The molecule has 1 saturated heterocycles. The summed E-state index contributed by atoms with van der Waals surface area (Å²) in [5, 5.41) is 17.0. The van der Waals surface area contributed by atoms with E-state index in [-0.39, 0.29) is 36.0 Å². The van der Waals surface area contributed by atoms with Gasteiger partial charge in [-0.3, -0.25) is 19.8 Å². The number of carbonyl (C=O) groups excluding carboxylic acids is 3. The molecule has 0 radical (unpaired) electrons. The fourth-order valence-electron chi connectivity index (χ4n) is 5.04. The molecule has 2 atom stereocenters. The minimum absolute atomic E-state index is 0.0368. The average molecular weight is 485 g/mol. The van der Waals surface area contributed by atoms with Crippen LogP contribution in [0.15, 0.2) is 24.3 Å². The Labute approximate surface area is 208 Å². The lowest BCUT2D eigenvalue weighted by molar-refractivity contribution is -0.142. The van der Waals surface area contributed by atoms with Crippen LogP contribution in [-0.2, 0) is 20.8 Å². The summed E-state index contributed by atoms with van der Waals surface area (Å²) in [5.41, 5.74) is 6.91. The van der Waals surface area contributed by atoms with Crippen LogP contribution in [0.4, 0.5) is 0 Å². The van der Waals surface area contributed by atoms with Crippen LogP contribution in [0.5, 0.6) is 0 Å². The third-order valence-electron chi connectivity index (χ3n) is 7.15. The highest BCUT2D eigenvalue weighted by Crippen LogP contribution is 2.27. The Kier molecular flexibility index (Phi) is 9.65. The first-order valence-corrected chi connectivity index (χ1v) is 12.7. The zero-order valence-electron chi connectivity index (χ0n) is 20.9. The number of amidine groups is 1. The number of nitrogens with one attached hydrogen (secondary N) is 4. The van der Waals surface area contributed by atoms with Crippen LogP contribution >= 0.6 is 0 Å². The summed E-state index contributed by atoms with van der Waals surface area (Å²) < 4.78 is 0. The summed E-state index contributed by atoms with van der Waals surface area (Å²) in [7, 11) is 3.26. The van der Waals surface area contributed by atoms with Gasteiger partial charge in [0.05, 0.1) is 0 Å². The number of carbonyl (C=O) groups is 3. The molecular weight excluding hydrogens is 444 g/mol. The Balaban J connectivity index is 1.77. The molecule has 1 aromatic carbocycles. The number of nitrogens with zero attached hydrogens (tertiary/aromatic N) is 1. The van der Waals surface area contributed by atoms with E-state index >= 15 is 0 Å². The molecule has 3 rings (SSSR count). The summed E-state index contributed by atoms with van der Waals surface area (Å²) in [6.45, 7) is 1.74. The molecule has 1 aliphatic carbocycles. The quantitative estimate of drug-likeness (QED) is 0.203. The van der Waals surface area contributed by atoms with Crippen LogP contribution in [0.3, 0.4) is 0 Å². The molecule has 1 unspecified atom stereocenters. The summed E-state index contributed by atoms with van der Waals surface area (Å²) >= 11 is 0. The molecule has 0 spiro atoms. The first kappa shape index (κ1) is 26.7. The fraction of sp³-hybridized carbons (Fsp3) is 0.615. The van der Waals surface area contributed by atoms with Crippen LogP contribution in [0, 0.1) is 17.2 Å². The van der Waals surface area contributed by atoms with Gasteiger partial charge in [-0.1, -0.05) is 43.5 Å². The summed E-state index contributed by atoms with van der Waals surface area (Å²) in [4.78, 5) is 41.3. The van der Waals surface area contributed by atoms with E-state index in [4.69, 9.17) is 11.1 Å². The molecule has 0 aromatic heterocycles. The molecular formula is C26H40N6O3. The van der Waals surface area contributed by atoms with E-state index in [1.165, 1.54) is 4.90 Å². The van der Waals surface area contributed by atoms with Crippen molar-refractivity contribution in [3.63, 3.8) is 0 Å². The fourth-order valence-corrected chi connectivity index (χ4v) is 5.04. The summed E-state index contributed by atoms with van der Waals surface area (Å²) in [6.07, 6.45) is 6.96. The van der Waals surface area contributed by atoms with Crippen molar-refractivity contribution < 1.29 is 14.4 Å². The molecule has 35 heavy (non-hydrogen) atoms. The van der Waals surface area contributed by atoms with Gasteiger partial charge in [0.2, 0.25) is 17.7 Å². The van der Waals surface area contributed by atoms with Gasteiger partial charge in [-0.25, -0.2) is 0 Å². The van der Waals surface area contributed by atoms with E-state index in [0.717, 1.165) is 63.6 Å². The van der Waals surface area contributed by atoms with Gasteiger partial charge < -0.3 is 26.6 Å². The Bertz CT molecular complexity index is 889. The average Bonchev–Trinajstić information content (AvgIpc) is 2.86. The van der Waals surface area contributed by atoms with E-state index in [0.29, 0.717) is 5.56 Å². The lowest BCUT2D eigenvalue weighted by Gasteiger charge is -2.33. The largest absolute Gasteiger partial charge is 0.384 e. The number of hydrogen-bond acceptors (Lipinski definition) is 5. The normalized spacial score (nSPS) is 18.8. The molecule has 3 amide bonds. The van der Waals surface area contributed by atoms with E-state index in [2.05, 4.69) is 16.0 Å². The highest BCUT2D eigenvalue weighted by molar-refractivity contribution is 6.02. The second-order valence-corrected chi connectivity index (χ2v) is 10.0. The summed E-state index contributed by atoms with van der Waals surface area (Å²) in [6, 6.07) is 6.44. The van der Waals surface area contributed by atoms with Gasteiger partial charge in [-0.05, 0) is 56.7 Å². The predicted octanol–water partition coefficient (Wildman–Crippen LogP) is 1.15. The van der Waals surface area contributed by atoms with Gasteiger partial charge in [0, 0.05) is 25.7 Å². The maximum Gasteiger partial charge on any atom is 0.243 e. The Morgan fingerprint density at radius 3 is 2.23 bits per heavy atom. The number of rotatable bonds is 9. The van der Waals surface area contributed by atoms with E-state index < -0.39 is 17.9 Å². The van der Waals surface area contributed by atoms with Crippen LogP contribution in [0.25, 0.3) is 0 Å². The summed E-state index contributed by atoms with van der Waals surface area (Å²) in [5.74, 6) is -1.79. The van der Waals surface area contributed by atoms with E-state index in [1.807, 2.05) is 0 Å². The third kappa shape index (κ3) is 7.52. The van der Waals surface area contributed by atoms with Crippen LogP contribution in [-0.4, -0.2) is 67.7 Å². The zero-order chi connectivity index (χ0) is 25.4. The van der Waals surface area contributed by atoms with Gasteiger partial charge in [-0.15, -0.1) is 0 Å². The molecule has 9 nitrogen and oxygen atoms in total. The highest BCUT2D eigenvalue weighted by atomic mass is 16.2. The smallest absolute Gasteiger partial charge is 0.243 e. The number of benzene rings is 1. The van der Waals surface area contributed by atoms with Crippen molar-refractivity contribution in [1.29, 1.82) is 5.41 Å². The van der Waals surface area contributed by atoms with E-state index in [1.54, 1.807) is 38.4 Å². The molecule has 192 valence electrons. The van der Waals surface area contributed by atoms with Gasteiger partial charge in [-0.2, -0.15) is 0 Å². The highest BCUT2D eigenvalue weighted by Gasteiger charge is 2.36. The molecule has 1 aliphatic heterocycles. The zero-order valence-corrected chi connectivity index (χ0v) is 20.9. The molecule has 1 heterocycles. The maximum atomic E-state index is 13.5. The SMILES string of the molecule is CN(C)C(=O)C(Cc1ccc(C(=N)N)cc1)C(=O)N[C@H](C(=O)NC1CCNCC1)C1CCCCC1. The van der Waals surface area contributed by atoms with E-state index in [9.17, 15) is 14.4 Å². The van der Waals surface area contributed by atoms with Crippen molar-refractivity contribution in [2.45, 2.75) is 63.5 Å².